The standard InChI is InChI=1S/C23H22O4S/c1-17-8-10-18(11-9-17)22(24)16-23(19-12-14-20(27-2)15-13-19)28(25,26)21-6-4-3-5-7-21/h3-15,23H,16H2,1-2H3. The minimum Gasteiger partial charge on any atom is -0.497 e. The topological polar surface area (TPSA) is 60.4 Å². The molecule has 0 aliphatic carbocycles. The molecule has 3 rings (SSSR count). The zero-order valence-electron chi connectivity index (χ0n) is 15.8. The second kappa shape index (κ2) is 8.40. The van der Waals surface area contributed by atoms with Gasteiger partial charge in [-0.1, -0.05) is 60.2 Å². The summed E-state index contributed by atoms with van der Waals surface area (Å²) in [5, 5.41) is -0.977. The molecule has 0 saturated carbocycles. The second-order valence-corrected chi connectivity index (χ2v) is 8.74. The van der Waals surface area contributed by atoms with Crippen LogP contribution in [0.25, 0.3) is 0 Å². The van der Waals surface area contributed by atoms with E-state index in [0.717, 1.165) is 5.56 Å². The number of rotatable bonds is 7. The summed E-state index contributed by atoms with van der Waals surface area (Å²) >= 11 is 0. The Morgan fingerprint density at radius 1 is 0.893 bits per heavy atom. The van der Waals surface area contributed by atoms with Gasteiger partial charge in [-0.2, -0.15) is 0 Å². The summed E-state index contributed by atoms with van der Waals surface area (Å²) in [5.41, 5.74) is 2.11. The molecular weight excluding hydrogens is 372 g/mol. The van der Waals surface area contributed by atoms with Crippen LogP contribution in [0.2, 0.25) is 0 Å². The third-order valence-corrected chi connectivity index (χ3v) is 6.80. The van der Waals surface area contributed by atoms with Gasteiger partial charge in [0, 0.05) is 12.0 Å². The molecule has 0 aliphatic rings. The molecule has 5 heteroatoms. The number of ketones is 1. The van der Waals surface area contributed by atoms with E-state index in [4.69, 9.17) is 4.74 Å². The maximum atomic E-state index is 13.3. The quantitative estimate of drug-likeness (QED) is 0.541. The second-order valence-electron chi connectivity index (χ2n) is 6.61. The number of aryl methyl sites for hydroxylation is 1. The van der Waals surface area contributed by atoms with Gasteiger partial charge in [0.1, 0.15) is 5.75 Å². The van der Waals surface area contributed by atoms with Crippen LogP contribution in [0.1, 0.15) is 33.2 Å². The van der Waals surface area contributed by atoms with Crippen LogP contribution in [0.4, 0.5) is 0 Å². The van der Waals surface area contributed by atoms with E-state index >= 15 is 0 Å². The van der Waals surface area contributed by atoms with Gasteiger partial charge in [-0.05, 0) is 36.8 Å². The molecule has 0 fully saturated rings. The lowest BCUT2D eigenvalue weighted by Gasteiger charge is -2.18. The van der Waals surface area contributed by atoms with Crippen molar-refractivity contribution < 1.29 is 17.9 Å². The van der Waals surface area contributed by atoms with Crippen molar-refractivity contribution in [3.05, 3.63) is 95.6 Å². The molecule has 0 heterocycles. The van der Waals surface area contributed by atoms with Gasteiger partial charge in [-0.3, -0.25) is 4.79 Å². The molecule has 0 aliphatic heterocycles. The summed E-state index contributed by atoms with van der Waals surface area (Å²) in [4.78, 5) is 13.1. The van der Waals surface area contributed by atoms with E-state index in [1.165, 1.54) is 0 Å². The highest BCUT2D eigenvalue weighted by Gasteiger charge is 2.31. The smallest absolute Gasteiger partial charge is 0.185 e. The van der Waals surface area contributed by atoms with E-state index in [-0.39, 0.29) is 17.1 Å². The fourth-order valence-corrected chi connectivity index (χ4v) is 4.78. The van der Waals surface area contributed by atoms with Gasteiger partial charge in [-0.15, -0.1) is 0 Å². The molecule has 0 N–H and O–H groups in total. The van der Waals surface area contributed by atoms with E-state index in [9.17, 15) is 13.2 Å². The van der Waals surface area contributed by atoms with Crippen molar-refractivity contribution in [2.24, 2.45) is 0 Å². The fourth-order valence-electron chi connectivity index (χ4n) is 3.03. The van der Waals surface area contributed by atoms with E-state index in [1.807, 2.05) is 19.1 Å². The van der Waals surface area contributed by atoms with Crippen LogP contribution in [0, 0.1) is 6.92 Å². The summed E-state index contributed by atoms with van der Waals surface area (Å²) < 4.78 is 31.8. The fraction of sp³-hybridized carbons (Fsp3) is 0.174. The van der Waals surface area contributed by atoms with Gasteiger partial charge < -0.3 is 4.74 Å². The van der Waals surface area contributed by atoms with E-state index < -0.39 is 15.1 Å². The number of hydrogen-bond donors (Lipinski definition) is 0. The SMILES string of the molecule is COc1ccc(C(CC(=O)c2ccc(C)cc2)S(=O)(=O)c2ccccc2)cc1. The maximum Gasteiger partial charge on any atom is 0.185 e. The highest BCUT2D eigenvalue weighted by molar-refractivity contribution is 7.91. The third kappa shape index (κ3) is 4.31. The molecule has 0 amide bonds. The highest BCUT2D eigenvalue weighted by atomic mass is 32.2. The van der Waals surface area contributed by atoms with Crippen molar-refractivity contribution in [1.82, 2.24) is 0 Å². The molecule has 1 unspecified atom stereocenters. The van der Waals surface area contributed by atoms with Crippen LogP contribution in [0.15, 0.2) is 83.8 Å². The predicted molar refractivity (Wildman–Crippen MR) is 109 cm³/mol. The number of benzene rings is 3. The van der Waals surface area contributed by atoms with Crippen molar-refractivity contribution in [3.63, 3.8) is 0 Å². The molecule has 28 heavy (non-hydrogen) atoms. The molecule has 0 radical (unpaired) electrons. The summed E-state index contributed by atoms with van der Waals surface area (Å²) in [6, 6.07) is 22.2. The molecule has 3 aromatic rings. The van der Waals surface area contributed by atoms with Gasteiger partial charge >= 0.3 is 0 Å². The summed E-state index contributed by atoms with van der Waals surface area (Å²) in [7, 11) is -2.20. The summed E-state index contributed by atoms with van der Waals surface area (Å²) in [6.45, 7) is 1.94. The van der Waals surface area contributed by atoms with Crippen LogP contribution < -0.4 is 4.74 Å². The van der Waals surface area contributed by atoms with Crippen LogP contribution in [0.3, 0.4) is 0 Å². The Labute approximate surface area is 165 Å². The minimum absolute atomic E-state index is 0.132. The Balaban J connectivity index is 2.01. The van der Waals surface area contributed by atoms with Gasteiger partial charge in [0.25, 0.3) is 0 Å². The number of sulfone groups is 1. The van der Waals surface area contributed by atoms with Crippen molar-refractivity contribution in [2.45, 2.75) is 23.5 Å². The van der Waals surface area contributed by atoms with Crippen LogP contribution in [0.5, 0.6) is 5.75 Å². The van der Waals surface area contributed by atoms with Crippen LogP contribution >= 0.6 is 0 Å². The van der Waals surface area contributed by atoms with Crippen molar-refractivity contribution in [1.29, 1.82) is 0 Å². The van der Waals surface area contributed by atoms with Crippen molar-refractivity contribution in [2.75, 3.05) is 7.11 Å². The van der Waals surface area contributed by atoms with E-state index in [0.29, 0.717) is 16.9 Å². The number of hydrogen-bond acceptors (Lipinski definition) is 4. The first-order valence-corrected chi connectivity index (χ1v) is 10.5. The summed E-state index contributed by atoms with van der Waals surface area (Å²) in [5.74, 6) is 0.421. The zero-order chi connectivity index (χ0) is 20.1. The Hall–Kier alpha value is -2.92. The molecule has 0 bridgehead atoms. The third-order valence-electron chi connectivity index (χ3n) is 4.68. The van der Waals surface area contributed by atoms with Gasteiger partial charge in [0.05, 0.1) is 17.3 Å². The summed E-state index contributed by atoms with van der Waals surface area (Å²) in [6.07, 6.45) is -0.132. The number of methoxy groups -OCH3 is 1. The average Bonchev–Trinajstić information content (AvgIpc) is 2.73. The number of ether oxygens (including phenoxy) is 1. The molecule has 0 saturated heterocycles. The first-order chi connectivity index (χ1) is 13.4. The zero-order valence-corrected chi connectivity index (χ0v) is 16.6. The van der Waals surface area contributed by atoms with Gasteiger partial charge in [0.2, 0.25) is 0 Å². The number of carbonyl (C=O) groups excluding carboxylic acids is 1. The van der Waals surface area contributed by atoms with Crippen molar-refractivity contribution >= 4 is 15.6 Å². The lowest BCUT2D eigenvalue weighted by molar-refractivity contribution is 0.0980. The van der Waals surface area contributed by atoms with Gasteiger partial charge in [0.15, 0.2) is 15.6 Å². The molecule has 0 aromatic heterocycles. The molecule has 144 valence electrons. The minimum atomic E-state index is -3.75. The van der Waals surface area contributed by atoms with E-state index in [2.05, 4.69) is 0 Å². The Morgan fingerprint density at radius 3 is 2.07 bits per heavy atom. The Morgan fingerprint density at radius 2 is 1.50 bits per heavy atom. The molecular formula is C23H22O4S. The monoisotopic (exact) mass is 394 g/mol. The first-order valence-electron chi connectivity index (χ1n) is 8.94. The normalized spacial score (nSPS) is 12.4. The van der Waals surface area contributed by atoms with E-state index in [1.54, 1.807) is 73.8 Å². The number of carbonyl (C=O) groups is 1. The predicted octanol–water partition coefficient (Wildman–Crippen LogP) is 4.79. The molecule has 0 spiro atoms. The maximum absolute atomic E-state index is 13.3. The van der Waals surface area contributed by atoms with Crippen molar-refractivity contribution in [3.8, 4) is 5.75 Å². The number of Topliss-reactive ketones (excluding diaryl/α,β-unsaturated/α-hetero) is 1. The average molecular weight is 394 g/mol. The highest BCUT2D eigenvalue weighted by Crippen LogP contribution is 2.33. The van der Waals surface area contributed by atoms with Crippen LogP contribution in [-0.4, -0.2) is 21.3 Å². The largest absolute Gasteiger partial charge is 0.497 e. The Kier molecular flexibility index (Phi) is 5.95. The molecule has 3 aromatic carbocycles. The molecule has 4 nitrogen and oxygen atoms in total. The lowest BCUT2D eigenvalue weighted by atomic mass is 10.0. The Bertz CT molecular complexity index is 1040. The first kappa shape index (κ1) is 19.8. The van der Waals surface area contributed by atoms with Gasteiger partial charge in [-0.25, -0.2) is 8.42 Å². The molecule has 1 atom stereocenters. The lowest BCUT2D eigenvalue weighted by Crippen LogP contribution is -2.18. The van der Waals surface area contributed by atoms with Crippen LogP contribution in [-0.2, 0) is 9.84 Å².